The Hall–Kier alpha value is -1.40. The summed E-state index contributed by atoms with van der Waals surface area (Å²) in [4.78, 5) is 17.5. The molecule has 18 heavy (non-hydrogen) atoms. The Balaban J connectivity index is 2.24. The minimum atomic E-state index is 0.00374. The molecule has 0 bridgehead atoms. The van der Waals surface area contributed by atoms with Crippen molar-refractivity contribution in [1.29, 1.82) is 0 Å². The molecule has 0 aromatic carbocycles. The number of halogens is 1. The Morgan fingerprint density at radius 2 is 2.11 bits per heavy atom. The summed E-state index contributed by atoms with van der Waals surface area (Å²) in [5.74, 6) is 0.678. The molecule has 2 rings (SSSR count). The molecule has 0 atom stereocenters. The fourth-order valence-electron chi connectivity index (χ4n) is 1.39. The maximum absolute atomic E-state index is 5.87. The lowest BCUT2D eigenvalue weighted by molar-refractivity contribution is 0.210. The number of hydrogen-bond donors (Lipinski definition) is 2. The summed E-state index contributed by atoms with van der Waals surface area (Å²) in [6, 6.07) is 0. The molecule has 0 saturated heterocycles. The molecule has 2 N–H and O–H groups in total. The molecule has 2 aromatic heterocycles. The first kappa shape index (κ1) is 13.0. The predicted molar refractivity (Wildman–Crippen MR) is 72.9 cm³/mol. The SMILES string of the molecule is CN(C)C(C)(C)CNc1nc(Cl)nc2nc[nH]c12. The molecular weight excluding hydrogens is 252 g/mol. The Labute approximate surface area is 111 Å². The topological polar surface area (TPSA) is 69.7 Å². The van der Waals surface area contributed by atoms with Crippen LogP contribution in [-0.2, 0) is 0 Å². The fourth-order valence-corrected chi connectivity index (χ4v) is 1.56. The molecular formula is C11H17ClN6. The Kier molecular flexibility index (Phi) is 3.41. The third kappa shape index (κ3) is 2.54. The molecule has 0 unspecified atom stereocenters. The van der Waals surface area contributed by atoms with Crippen LogP contribution in [0.15, 0.2) is 6.33 Å². The minimum absolute atomic E-state index is 0.00374. The number of H-pyrrole nitrogens is 1. The Bertz CT molecular complexity index is 547. The van der Waals surface area contributed by atoms with Crippen molar-refractivity contribution in [3.8, 4) is 0 Å². The number of fused-ring (bicyclic) bond motifs is 1. The second-order valence-electron chi connectivity index (χ2n) is 5.00. The summed E-state index contributed by atoms with van der Waals surface area (Å²) in [6.07, 6.45) is 1.58. The number of nitrogens with zero attached hydrogens (tertiary/aromatic N) is 4. The number of imidazole rings is 1. The van der Waals surface area contributed by atoms with Crippen LogP contribution in [0.4, 0.5) is 5.82 Å². The van der Waals surface area contributed by atoms with Gasteiger partial charge in [0.2, 0.25) is 5.28 Å². The molecule has 0 aliphatic rings. The molecule has 0 saturated carbocycles. The Morgan fingerprint density at radius 3 is 2.78 bits per heavy atom. The number of rotatable bonds is 4. The van der Waals surface area contributed by atoms with Gasteiger partial charge in [-0.25, -0.2) is 4.98 Å². The number of likely N-dealkylation sites (N-methyl/N-ethyl adjacent to an activating group) is 1. The Morgan fingerprint density at radius 1 is 1.39 bits per heavy atom. The zero-order valence-corrected chi connectivity index (χ0v) is 11.7. The van der Waals surface area contributed by atoms with Crippen LogP contribution < -0.4 is 5.32 Å². The average molecular weight is 269 g/mol. The van der Waals surface area contributed by atoms with E-state index in [0.717, 1.165) is 12.1 Å². The normalized spacial score (nSPS) is 12.3. The van der Waals surface area contributed by atoms with Crippen molar-refractivity contribution in [2.45, 2.75) is 19.4 Å². The lowest BCUT2D eigenvalue weighted by Crippen LogP contribution is -2.44. The van der Waals surface area contributed by atoms with Crippen LogP contribution in [0, 0.1) is 0 Å². The molecule has 0 fully saturated rings. The molecule has 2 aromatic rings. The highest BCUT2D eigenvalue weighted by Gasteiger charge is 2.21. The highest BCUT2D eigenvalue weighted by atomic mass is 35.5. The molecule has 98 valence electrons. The average Bonchev–Trinajstić information content (AvgIpc) is 2.73. The summed E-state index contributed by atoms with van der Waals surface area (Å²) >= 11 is 5.87. The third-order valence-corrected chi connectivity index (χ3v) is 3.33. The van der Waals surface area contributed by atoms with Gasteiger partial charge in [0, 0.05) is 12.1 Å². The van der Waals surface area contributed by atoms with Crippen LogP contribution in [0.2, 0.25) is 5.28 Å². The fraction of sp³-hybridized carbons (Fsp3) is 0.545. The largest absolute Gasteiger partial charge is 0.366 e. The van der Waals surface area contributed by atoms with Crippen LogP contribution in [0.5, 0.6) is 0 Å². The van der Waals surface area contributed by atoms with Crippen LogP contribution in [-0.4, -0.2) is 51.0 Å². The number of aromatic amines is 1. The quantitative estimate of drug-likeness (QED) is 0.827. The van der Waals surface area contributed by atoms with Crippen LogP contribution in [0.1, 0.15) is 13.8 Å². The van der Waals surface area contributed by atoms with E-state index >= 15 is 0 Å². The minimum Gasteiger partial charge on any atom is -0.366 e. The summed E-state index contributed by atoms with van der Waals surface area (Å²) < 4.78 is 0. The van der Waals surface area contributed by atoms with Gasteiger partial charge in [-0.05, 0) is 39.5 Å². The highest BCUT2D eigenvalue weighted by Crippen LogP contribution is 2.20. The van der Waals surface area contributed by atoms with Gasteiger partial charge in [-0.3, -0.25) is 0 Å². The summed E-state index contributed by atoms with van der Waals surface area (Å²) in [5, 5.41) is 3.48. The summed E-state index contributed by atoms with van der Waals surface area (Å²) in [7, 11) is 4.08. The molecule has 6 nitrogen and oxygen atoms in total. The zero-order chi connectivity index (χ0) is 13.3. The van der Waals surface area contributed by atoms with Crippen LogP contribution in [0.25, 0.3) is 11.2 Å². The molecule has 0 amide bonds. The van der Waals surface area contributed by atoms with Crippen molar-refractivity contribution < 1.29 is 0 Å². The number of hydrogen-bond acceptors (Lipinski definition) is 5. The van der Waals surface area contributed by atoms with Crippen LogP contribution in [0.3, 0.4) is 0 Å². The molecule has 0 radical (unpaired) electrons. The predicted octanol–water partition coefficient (Wildman–Crippen LogP) is 1.76. The van der Waals surface area contributed by atoms with Gasteiger partial charge in [0.1, 0.15) is 5.52 Å². The first-order valence-electron chi connectivity index (χ1n) is 5.68. The van der Waals surface area contributed by atoms with Gasteiger partial charge in [0.25, 0.3) is 0 Å². The van der Waals surface area contributed by atoms with Gasteiger partial charge in [0.05, 0.1) is 6.33 Å². The second kappa shape index (κ2) is 4.70. The first-order valence-corrected chi connectivity index (χ1v) is 6.06. The van der Waals surface area contributed by atoms with Crippen molar-refractivity contribution >= 4 is 28.6 Å². The van der Waals surface area contributed by atoms with E-state index in [4.69, 9.17) is 11.6 Å². The number of aromatic nitrogens is 4. The van der Waals surface area contributed by atoms with Crippen molar-refractivity contribution in [3.63, 3.8) is 0 Å². The smallest absolute Gasteiger partial charge is 0.226 e. The highest BCUT2D eigenvalue weighted by molar-refractivity contribution is 6.28. The second-order valence-corrected chi connectivity index (χ2v) is 5.34. The van der Waals surface area contributed by atoms with Gasteiger partial charge in [-0.15, -0.1) is 0 Å². The van der Waals surface area contributed by atoms with Crippen LogP contribution >= 0.6 is 11.6 Å². The van der Waals surface area contributed by atoms with Crippen molar-refractivity contribution in [3.05, 3.63) is 11.6 Å². The molecule has 7 heteroatoms. The van der Waals surface area contributed by atoms with E-state index in [1.54, 1.807) is 6.33 Å². The number of anilines is 1. The molecule has 0 spiro atoms. The zero-order valence-electron chi connectivity index (χ0n) is 11.0. The van der Waals surface area contributed by atoms with E-state index in [-0.39, 0.29) is 10.8 Å². The monoisotopic (exact) mass is 268 g/mol. The first-order chi connectivity index (χ1) is 8.40. The van der Waals surface area contributed by atoms with E-state index in [1.807, 2.05) is 14.1 Å². The molecule has 0 aliphatic heterocycles. The summed E-state index contributed by atoms with van der Waals surface area (Å²) in [6.45, 7) is 5.03. The van der Waals surface area contributed by atoms with Gasteiger partial charge in [-0.1, -0.05) is 0 Å². The van der Waals surface area contributed by atoms with Gasteiger partial charge < -0.3 is 15.2 Å². The number of nitrogens with one attached hydrogen (secondary N) is 2. The van der Waals surface area contributed by atoms with Crippen molar-refractivity contribution in [2.75, 3.05) is 26.0 Å². The van der Waals surface area contributed by atoms with E-state index in [2.05, 4.69) is 44.0 Å². The van der Waals surface area contributed by atoms with Gasteiger partial charge in [0.15, 0.2) is 11.5 Å². The third-order valence-electron chi connectivity index (χ3n) is 3.16. The van der Waals surface area contributed by atoms with E-state index in [9.17, 15) is 0 Å². The maximum atomic E-state index is 5.87. The standard InChI is InChI=1S/C11H17ClN6/c1-11(2,18(3)4)5-13-8-7-9(15-6-14-7)17-10(12)16-8/h6H,5H2,1-4H3,(H2,13,14,15,16,17). The summed E-state index contributed by atoms with van der Waals surface area (Å²) in [5.41, 5.74) is 1.35. The molecule has 2 heterocycles. The van der Waals surface area contributed by atoms with E-state index < -0.39 is 0 Å². The van der Waals surface area contributed by atoms with Crippen molar-refractivity contribution in [2.24, 2.45) is 0 Å². The van der Waals surface area contributed by atoms with E-state index in [1.165, 1.54) is 0 Å². The maximum Gasteiger partial charge on any atom is 0.226 e. The lowest BCUT2D eigenvalue weighted by atomic mass is 10.0. The van der Waals surface area contributed by atoms with Gasteiger partial charge >= 0.3 is 0 Å². The van der Waals surface area contributed by atoms with Crippen molar-refractivity contribution in [1.82, 2.24) is 24.8 Å². The lowest BCUT2D eigenvalue weighted by Gasteiger charge is -2.32. The molecule has 0 aliphatic carbocycles. The van der Waals surface area contributed by atoms with E-state index in [0.29, 0.717) is 11.5 Å². The van der Waals surface area contributed by atoms with Gasteiger partial charge in [-0.2, -0.15) is 9.97 Å².